The van der Waals surface area contributed by atoms with Gasteiger partial charge in [0, 0.05) is 25.7 Å². The number of likely N-dealkylation sites (N-methyl/N-ethyl adjacent to an activating group) is 1. The van der Waals surface area contributed by atoms with E-state index in [-0.39, 0.29) is 30.3 Å². The first-order chi connectivity index (χ1) is 12.0. The predicted molar refractivity (Wildman–Crippen MR) is 91.5 cm³/mol. The Balaban J connectivity index is 1.65. The average molecular weight is 342 g/mol. The van der Waals surface area contributed by atoms with Crippen molar-refractivity contribution in [1.82, 2.24) is 10.2 Å². The smallest absolute Gasteiger partial charge is 0.251 e. The molecule has 0 aromatic heterocycles. The van der Waals surface area contributed by atoms with Gasteiger partial charge in [-0.1, -0.05) is 24.3 Å². The molecule has 1 atom stereocenters. The Labute approximate surface area is 145 Å². The standard InChI is InChI=1S/C19H19FN2O3/c1-22-11-17(25-12-18(22)23)10-21-19(24)15-6-2-4-13(8-15)14-5-3-7-16(20)9-14/h2-9,17H,10-12H2,1H3,(H,21,24)/t17-/m1/s1. The summed E-state index contributed by atoms with van der Waals surface area (Å²) in [6.07, 6.45) is -0.224. The maximum Gasteiger partial charge on any atom is 0.251 e. The van der Waals surface area contributed by atoms with Crippen LogP contribution in [0, 0.1) is 5.82 Å². The second kappa shape index (κ2) is 7.44. The zero-order valence-electron chi connectivity index (χ0n) is 13.9. The molecule has 0 bridgehead atoms. The van der Waals surface area contributed by atoms with Crippen molar-refractivity contribution in [2.24, 2.45) is 0 Å². The van der Waals surface area contributed by atoms with Crippen LogP contribution in [0.2, 0.25) is 0 Å². The van der Waals surface area contributed by atoms with Crippen molar-refractivity contribution in [3.63, 3.8) is 0 Å². The van der Waals surface area contributed by atoms with Crippen molar-refractivity contribution in [1.29, 1.82) is 0 Å². The van der Waals surface area contributed by atoms with Gasteiger partial charge in [0.05, 0.1) is 6.10 Å². The van der Waals surface area contributed by atoms with Gasteiger partial charge in [-0.3, -0.25) is 9.59 Å². The minimum absolute atomic E-state index is 0.0338. The molecule has 0 spiro atoms. The van der Waals surface area contributed by atoms with E-state index in [1.807, 2.05) is 6.07 Å². The lowest BCUT2D eigenvalue weighted by molar-refractivity contribution is -0.146. The lowest BCUT2D eigenvalue weighted by Gasteiger charge is -2.29. The Morgan fingerprint density at radius 2 is 1.96 bits per heavy atom. The molecule has 0 unspecified atom stereocenters. The summed E-state index contributed by atoms with van der Waals surface area (Å²) in [4.78, 5) is 25.3. The number of hydrogen-bond donors (Lipinski definition) is 1. The number of rotatable bonds is 4. The maximum absolute atomic E-state index is 13.4. The molecule has 1 fully saturated rings. The van der Waals surface area contributed by atoms with Crippen molar-refractivity contribution in [3.05, 3.63) is 59.9 Å². The number of benzene rings is 2. The number of nitrogens with one attached hydrogen (secondary N) is 1. The quantitative estimate of drug-likeness (QED) is 0.925. The van der Waals surface area contributed by atoms with Gasteiger partial charge in [-0.15, -0.1) is 0 Å². The highest BCUT2D eigenvalue weighted by atomic mass is 19.1. The number of nitrogens with zero attached hydrogens (tertiary/aromatic N) is 1. The molecule has 2 aromatic carbocycles. The summed E-state index contributed by atoms with van der Waals surface area (Å²) in [6, 6.07) is 13.3. The van der Waals surface area contributed by atoms with Crippen molar-refractivity contribution >= 4 is 11.8 Å². The molecule has 5 nitrogen and oxygen atoms in total. The van der Waals surface area contributed by atoms with E-state index >= 15 is 0 Å². The molecule has 25 heavy (non-hydrogen) atoms. The third-order valence-electron chi connectivity index (χ3n) is 4.12. The summed E-state index contributed by atoms with van der Waals surface area (Å²) in [6.45, 7) is 0.801. The van der Waals surface area contributed by atoms with Gasteiger partial charge in [-0.05, 0) is 35.4 Å². The van der Waals surface area contributed by atoms with Gasteiger partial charge in [-0.2, -0.15) is 0 Å². The lowest BCUT2D eigenvalue weighted by atomic mass is 10.0. The van der Waals surface area contributed by atoms with Crippen LogP contribution in [0.25, 0.3) is 11.1 Å². The first-order valence-electron chi connectivity index (χ1n) is 8.02. The highest BCUT2D eigenvalue weighted by Crippen LogP contribution is 2.21. The molecule has 6 heteroatoms. The van der Waals surface area contributed by atoms with Gasteiger partial charge in [0.2, 0.25) is 5.91 Å². The number of hydrogen-bond acceptors (Lipinski definition) is 3. The molecular weight excluding hydrogens is 323 g/mol. The summed E-state index contributed by atoms with van der Waals surface area (Å²) in [5, 5.41) is 2.82. The molecule has 1 aliphatic heterocycles. The van der Waals surface area contributed by atoms with Crippen LogP contribution < -0.4 is 5.32 Å². The van der Waals surface area contributed by atoms with Crippen LogP contribution in [0.3, 0.4) is 0 Å². The average Bonchev–Trinajstić information content (AvgIpc) is 2.62. The third kappa shape index (κ3) is 4.22. The highest BCUT2D eigenvalue weighted by molar-refractivity contribution is 5.95. The summed E-state index contributed by atoms with van der Waals surface area (Å²) in [5.74, 6) is -0.618. The number of carbonyl (C=O) groups excluding carboxylic acids is 2. The third-order valence-corrected chi connectivity index (χ3v) is 4.12. The Hall–Kier alpha value is -2.73. The number of carbonyl (C=O) groups is 2. The van der Waals surface area contributed by atoms with E-state index in [4.69, 9.17) is 4.74 Å². The van der Waals surface area contributed by atoms with Crippen molar-refractivity contribution in [2.45, 2.75) is 6.10 Å². The van der Waals surface area contributed by atoms with Gasteiger partial charge < -0.3 is 15.0 Å². The van der Waals surface area contributed by atoms with E-state index in [1.165, 1.54) is 12.1 Å². The van der Waals surface area contributed by atoms with E-state index < -0.39 is 0 Å². The molecule has 1 heterocycles. The molecular formula is C19H19FN2O3. The first-order valence-corrected chi connectivity index (χ1v) is 8.02. The van der Waals surface area contributed by atoms with Gasteiger partial charge in [0.25, 0.3) is 5.91 Å². The Bertz CT molecular complexity index is 794. The first kappa shape index (κ1) is 17.1. The molecule has 1 aliphatic rings. The summed E-state index contributed by atoms with van der Waals surface area (Å²) >= 11 is 0. The Morgan fingerprint density at radius 3 is 2.68 bits per heavy atom. The van der Waals surface area contributed by atoms with Crippen LogP contribution >= 0.6 is 0 Å². The minimum atomic E-state index is -0.319. The van der Waals surface area contributed by atoms with Crippen LogP contribution in [-0.2, 0) is 9.53 Å². The van der Waals surface area contributed by atoms with Gasteiger partial charge in [0.1, 0.15) is 12.4 Å². The highest BCUT2D eigenvalue weighted by Gasteiger charge is 2.23. The van der Waals surface area contributed by atoms with Gasteiger partial charge >= 0.3 is 0 Å². The largest absolute Gasteiger partial charge is 0.365 e. The fraction of sp³-hybridized carbons (Fsp3) is 0.263. The number of ether oxygens (including phenoxy) is 1. The Morgan fingerprint density at radius 1 is 1.24 bits per heavy atom. The van der Waals surface area contributed by atoms with Crippen LogP contribution in [0.1, 0.15) is 10.4 Å². The zero-order valence-corrected chi connectivity index (χ0v) is 13.9. The second-order valence-corrected chi connectivity index (χ2v) is 6.01. The van der Waals surface area contributed by atoms with Crippen LogP contribution in [-0.4, -0.2) is 49.6 Å². The van der Waals surface area contributed by atoms with E-state index in [1.54, 1.807) is 42.3 Å². The fourth-order valence-electron chi connectivity index (χ4n) is 2.70. The molecule has 1 N–H and O–H groups in total. The molecule has 2 aromatic rings. The van der Waals surface area contributed by atoms with Crippen molar-refractivity contribution in [3.8, 4) is 11.1 Å². The topological polar surface area (TPSA) is 58.6 Å². The fourth-order valence-corrected chi connectivity index (χ4v) is 2.70. The van der Waals surface area contributed by atoms with Gasteiger partial charge in [0.15, 0.2) is 0 Å². The molecule has 1 saturated heterocycles. The molecule has 0 saturated carbocycles. The Kier molecular flexibility index (Phi) is 5.09. The molecule has 2 amide bonds. The minimum Gasteiger partial charge on any atom is -0.365 e. The summed E-state index contributed by atoms with van der Waals surface area (Å²) in [7, 11) is 1.71. The zero-order chi connectivity index (χ0) is 17.8. The second-order valence-electron chi connectivity index (χ2n) is 6.01. The molecule has 0 aliphatic carbocycles. The summed E-state index contributed by atoms with van der Waals surface area (Å²) < 4.78 is 18.8. The lowest BCUT2D eigenvalue weighted by Crippen LogP contribution is -2.48. The predicted octanol–water partition coefficient (Wildman–Crippen LogP) is 2.08. The van der Waals surface area contributed by atoms with E-state index in [2.05, 4.69) is 5.32 Å². The van der Waals surface area contributed by atoms with Gasteiger partial charge in [-0.25, -0.2) is 4.39 Å². The van der Waals surface area contributed by atoms with E-state index in [0.717, 1.165) is 5.56 Å². The van der Waals surface area contributed by atoms with Crippen molar-refractivity contribution < 1.29 is 18.7 Å². The van der Waals surface area contributed by atoms with Crippen molar-refractivity contribution in [2.75, 3.05) is 26.7 Å². The molecule has 130 valence electrons. The SMILES string of the molecule is CN1C[C@@H](CNC(=O)c2cccc(-c3cccc(F)c3)c2)OCC1=O. The van der Waals surface area contributed by atoms with Crippen LogP contribution in [0.4, 0.5) is 4.39 Å². The maximum atomic E-state index is 13.4. The summed E-state index contributed by atoms with van der Waals surface area (Å²) in [5.41, 5.74) is 1.97. The van der Waals surface area contributed by atoms with E-state index in [0.29, 0.717) is 24.2 Å². The normalized spacial score (nSPS) is 17.4. The number of morpholine rings is 1. The van der Waals surface area contributed by atoms with Crippen LogP contribution in [0.15, 0.2) is 48.5 Å². The molecule has 3 rings (SSSR count). The van der Waals surface area contributed by atoms with E-state index in [9.17, 15) is 14.0 Å². The van der Waals surface area contributed by atoms with Crippen LogP contribution in [0.5, 0.6) is 0 Å². The number of amides is 2. The monoisotopic (exact) mass is 342 g/mol. The number of halogens is 1. The molecule has 0 radical (unpaired) electrons.